The topological polar surface area (TPSA) is 25.0 Å². The molecule has 2 saturated heterocycles. The van der Waals surface area contributed by atoms with Crippen LogP contribution in [0.2, 0.25) is 0 Å². The van der Waals surface area contributed by atoms with Crippen LogP contribution in [0, 0.1) is 0 Å². The first-order valence-electron chi connectivity index (χ1n) is 4.73. The highest BCUT2D eigenvalue weighted by Gasteiger charge is 2.29. The Hall–Kier alpha value is -0.120. The van der Waals surface area contributed by atoms with Crippen molar-refractivity contribution in [3.05, 3.63) is 0 Å². The van der Waals surface area contributed by atoms with Crippen LogP contribution >= 0.6 is 0 Å². The minimum atomic E-state index is 0.382. The lowest BCUT2D eigenvalue weighted by atomic mass is 10.2. The average Bonchev–Trinajstić information content (AvgIpc) is 2.68. The second-order valence-electron chi connectivity index (χ2n) is 3.93. The normalized spacial score (nSPS) is 43.0. The Morgan fingerprint density at radius 1 is 1.25 bits per heavy atom. The van der Waals surface area contributed by atoms with Gasteiger partial charge in [-0.3, -0.25) is 4.90 Å². The number of hydrogen-bond acceptors (Lipinski definition) is 3. The Morgan fingerprint density at radius 2 is 1.83 bits per heavy atom. The molecular formula is C9H17NO2. The summed E-state index contributed by atoms with van der Waals surface area (Å²) in [5.74, 6) is 0. The largest absolute Gasteiger partial charge is 0.373 e. The van der Waals surface area contributed by atoms with Crippen LogP contribution in [0.4, 0.5) is 0 Å². The van der Waals surface area contributed by atoms with Gasteiger partial charge in [0.05, 0.1) is 24.9 Å². The molecule has 0 bridgehead atoms. The molecule has 12 heavy (non-hydrogen) atoms. The number of nitrogens with zero attached hydrogens (tertiary/aromatic N) is 1. The first kappa shape index (κ1) is 8.48. The maximum absolute atomic E-state index is 5.64. The summed E-state index contributed by atoms with van der Waals surface area (Å²) in [6.45, 7) is 8.44. The molecule has 0 radical (unpaired) electrons. The summed E-state index contributed by atoms with van der Waals surface area (Å²) < 4.78 is 10.8. The lowest BCUT2D eigenvalue weighted by Crippen LogP contribution is -2.46. The molecule has 3 unspecified atom stereocenters. The van der Waals surface area contributed by atoms with E-state index in [2.05, 4.69) is 18.7 Å². The summed E-state index contributed by atoms with van der Waals surface area (Å²) in [6.07, 6.45) is 1.28. The number of ether oxygens (including phenoxy) is 2. The smallest absolute Gasteiger partial charge is 0.0936 e. The summed E-state index contributed by atoms with van der Waals surface area (Å²) in [4.78, 5) is 2.44. The van der Waals surface area contributed by atoms with Crippen molar-refractivity contribution in [3.8, 4) is 0 Å². The lowest BCUT2D eigenvalue weighted by Gasteiger charge is -2.34. The molecular weight excluding hydrogens is 154 g/mol. The molecule has 3 heteroatoms. The van der Waals surface area contributed by atoms with Crippen LogP contribution in [0.15, 0.2) is 0 Å². The lowest BCUT2D eigenvalue weighted by molar-refractivity contribution is -0.0690. The summed E-state index contributed by atoms with van der Waals surface area (Å²) in [7, 11) is 0. The van der Waals surface area contributed by atoms with Gasteiger partial charge in [0.15, 0.2) is 0 Å². The molecule has 0 aromatic heterocycles. The molecule has 0 N–H and O–H groups in total. The van der Waals surface area contributed by atoms with Crippen LogP contribution in [0.5, 0.6) is 0 Å². The molecule has 0 aromatic carbocycles. The zero-order valence-electron chi connectivity index (χ0n) is 7.82. The summed E-state index contributed by atoms with van der Waals surface area (Å²) in [5, 5.41) is 0. The van der Waals surface area contributed by atoms with Crippen molar-refractivity contribution in [2.45, 2.75) is 32.2 Å². The van der Waals surface area contributed by atoms with E-state index < -0.39 is 0 Å². The number of epoxide rings is 1. The Labute approximate surface area is 73.6 Å². The van der Waals surface area contributed by atoms with Crippen molar-refractivity contribution < 1.29 is 9.47 Å². The van der Waals surface area contributed by atoms with Crippen LogP contribution < -0.4 is 0 Å². The van der Waals surface area contributed by atoms with Crippen molar-refractivity contribution in [3.63, 3.8) is 0 Å². The fourth-order valence-electron chi connectivity index (χ4n) is 1.89. The molecule has 3 nitrogen and oxygen atoms in total. The quantitative estimate of drug-likeness (QED) is 0.565. The molecule has 2 fully saturated rings. The van der Waals surface area contributed by atoms with Gasteiger partial charge in [0.2, 0.25) is 0 Å². The molecule has 0 saturated carbocycles. The monoisotopic (exact) mass is 171 g/mol. The molecule has 0 spiro atoms. The maximum atomic E-state index is 5.64. The van der Waals surface area contributed by atoms with E-state index >= 15 is 0 Å². The minimum Gasteiger partial charge on any atom is -0.373 e. The molecule has 2 aliphatic heterocycles. The molecule has 2 heterocycles. The third-order valence-corrected chi connectivity index (χ3v) is 2.36. The summed E-state index contributed by atoms with van der Waals surface area (Å²) >= 11 is 0. The second kappa shape index (κ2) is 3.32. The van der Waals surface area contributed by atoms with Crippen molar-refractivity contribution >= 4 is 0 Å². The highest BCUT2D eigenvalue weighted by molar-refractivity contribution is 4.79. The summed E-state index contributed by atoms with van der Waals surface area (Å²) in [6, 6.07) is 0. The molecule has 0 amide bonds. The van der Waals surface area contributed by atoms with E-state index in [1.807, 2.05) is 0 Å². The van der Waals surface area contributed by atoms with Gasteiger partial charge in [0.1, 0.15) is 0 Å². The van der Waals surface area contributed by atoms with Crippen molar-refractivity contribution in [2.24, 2.45) is 0 Å². The predicted octanol–water partition coefficient (Wildman–Crippen LogP) is 0.494. The third-order valence-electron chi connectivity index (χ3n) is 2.36. The van der Waals surface area contributed by atoms with Crippen LogP contribution in [0.25, 0.3) is 0 Å². The number of rotatable bonds is 2. The SMILES string of the molecule is CC1CN(CC2CO2)CC(C)O1. The van der Waals surface area contributed by atoms with Crippen LogP contribution in [0.3, 0.4) is 0 Å². The van der Waals surface area contributed by atoms with E-state index in [0.717, 1.165) is 26.2 Å². The number of morpholine rings is 1. The highest BCUT2D eigenvalue weighted by atomic mass is 16.6. The fraction of sp³-hybridized carbons (Fsp3) is 1.00. The number of hydrogen-bond donors (Lipinski definition) is 0. The zero-order valence-corrected chi connectivity index (χ0v) is 7.82. The summed E-state index contributed by atoms with van der Waals surface area (Å²) in [5.41, 5.74) is 0. The third kappa shape index (κ3) is 2.19. The van der Waals surface area contributed by atoms with E-state index in [9.17, 15) is 0 Å². The molecule has 70 valence electrons. The van der Waals surface area contributed by atoms with Gasteiger partial charge in [-0.1, -0.05) is 0 Å². The molecule has 2 aliphatic rings. The van der Waals surface area contributed by atoms with Crippen LogP contribution in [0.1, 0.15) is 13.8 Å². The Morgan fingerprint density at radius 3 is 2.33 bits per heavy atom. The van der Waals surface area contributed by atoms with Gasteiger partial charge in [-0.25, -0.2) is 0 Å². The Balaban J connectivity index is 1.79. The van der Waals surface area contributed by atoms with E-state index in [1.165, 1.54) is 0 Å². The first-order valence-corrected chi connectivity index (χ1v) is 4.73. The van der Waals surface area contributed by atoms with Gasteiger partial charge in [0.25, 0.3) is 0 Å². The van der Waals surface area contributed by atoms with E-state index in [4.69, 9.17) is 9.47 Å². The van der Waals surface area contributed by atoms with Crippen molar-refractivity contribution in [2.75, 3.05) is 26.2 Å². The maximum Gasteiger partial charge on any atom is 0.0936 e. The van der Waals surface area contributed by atoms with Gasteiger partial charge in [-0.15, -0.1) is 0 Å². The van der Waals surface area contributed by atoms with Crippen molar-refractivity contribution in [1.82, 2.24) is 4.90 Å². The van der Waals surface area contributed by atoms with Gasteiger partial charge in [-0.05, 0) is 13.8 Å². The molecule has 0 aliphatic carbocycles. The van der Waals surface area contributed by atoms with E-state index in [1.54, 1.807) is 0 Å². The molecule has 3 atom stereocenters. The first-order chi connectivity index (χ1) is 5.74. The van der Waals surface area contributed by atoms with Crippen molar-refractivity contribution in [1.29, 1.82) is 0 Å². The van der Waals surface area contributed by atoms with Crippen LogP contribution in [-0.4, -0.2) is 49.5 Å². The average molecular weight is 171 g/mol. The van der Waals surface area contributed by atoms with E-state index in [-0.39, 0.29) is 0 Å². The fourth-order valence-corrected chi connectivity index (χ4v) is 1.89. The zero-order chi connectivity index (χ0) is 8.55. The van der Waals surface area contributed by atoms with Gasteiger partial charge < -0.3 is 9.47 Å². The second-order valence-corrected chi connectivity index (χ2v) is 3.93. The molecule has 2 rings (SSSR count). The van der Waals surface area contributed by atoms with E-state index in [0.29, 0.717) is 18.3 Å². The predicted molar refractivity (Wildman–Crippen MR) is 46.2 cm³/mol. The van der Waals surface area contributed by atoms with Gasteiger partial charge in [-0.2, -0.15) is 0 Å². The molecule has 0 aromatic rings. The minimum absolute atomic E-state index is 0.382. The highest BCUT2D eigenvalue weighted by Crippen LogP contribution is 2.15. The van der Waals surface area contributed by atoms with Gasteiger partial charge >= 0.3 is 0 Å². The Kier molecular flexibility index (Phi) is 2.35. The Bertz CT molecular complexity index is 146. The standard InChI is InChI=1S/C9H17NO2/c1-7-3-10(4-8(2)12-7)5-9-6-11-9/h7-9H,3-6H2,1-2H3. The van der Waals surface area contributed by atoms with Crippen LogP contribution in [-0.2, 0) is 9.47 Å². The van der Waals surface area contributed by atoms with Gasteiger partial charge in [0, 0.05) is 19.6 Å².